The second-order valence-electron chi connectivity index (χ2n) is 4.07. The highest BCUT2D eigenvalue weighted by Crippen LogP contribution is 2.38. The molecule has 0 aromatic heterocycles. The van der Waals surface area contributed by atoms with Crippen LogP contribution in [0.3, 0.4) is 0 Å². The molecule has 0 aliphatic carbocycles. The van der Waals surface area contributed by atoms with Crippen LogP contribution >= 0.6 is 0 Å². The number of alkyl halides is 3. The van der Waals surface area contributed by atoms with Crippen LogP contribution in [0.2, 0.25) is 0 Å². The fourth-order valence-electron chi connectivity index (χ4n) is 1.89. The SMILES string of the molecule is COc1ccccc1-c1ccc(C#N)cc1OC(F)(F)F. The number of benzene rings is 2. The van der Waals surface area contributed by atoms with E-state index < -0.39 is 12.1 Å². The summed E-state index contributed by atoms with van der Waals surface area (Å²) in [5.74, 6) is -0.0275. The molecule has 0 saturated carbocycles. The molecule has 2 rings (SSSR count). The Morgan fingerprint density at radius 3 is 2.29 bits per heavy atom. The third-order valence-corrected chi connectivity index (χ3v) is 2.73. The Bertz CT molecular complexity index is 690. The van der Waals surface area contributed by atoms with Gasteiger partial charge in [0.25, 0.3) is 0 Å². The number of hydrogen-bond acceptors (Lipinski definition) is 3. The van der Waals surface area contributed by atoms with Gasteiger partial charge < -0.3 is 9.47 Å². The smallest absolute Gasteiger partial charge is 0.496 e. The minimum atomic E-state index is -4.84. The van der Waals surface area contributed by atoms with Crippen molar-refractivity contribution in [2.75, 3.05) is 7.11 Å². The highest BCUT2D eigenvalue weighted by Gasteiger charge is 2.32. The lowest BCUT2D eigenvalue weighted by molar-refractivity contribution is -0.274. The lowest BCUT2D eigenvalue weighted by Crippen LogP contribution is -2.17. The van der Waals surface area contributed by atoms with Crippen LogP contribution in [-0.2, 0) is 0 Å². The molecule has 0 saturated heterocycles. The average Bonchev–Trinajstić information content (AvgIpc) is 2.45. The molecular formula is C15H10F3NO2. The summed E-state index contributed by atoms with van der Waals surface area (Å²) in [5, 5.41) is 8.81. The van der Waals surface area contributed by atoms with E-state index in [2.05, 4.69) is 4.74 Å². The Morgan fingerprint density at radius 2 is 1.67 bits per heavy atom. The predicted molar refractivity (Wildman–Crippen MR) is 69.8 cm³/mol. The summed E-state index contributed by atoms with van der Waals surface area (Å²) >= 11 is 0. The van der Waals surface area contributed by atoms with Gasteiger partial charge in [-0.05, 0) is 24.3 Å². The third kappa shape index (κ3) is 3.45. The van der Waals surface area contributed by atoms with Crippen LogP contribution in [0.25, 0.3) is 11.1 Å². The lowest BCUT2D eigenvalue weighted by Gasteiger charge is -2.15. The van der Waals surface area contributed by atoms with Crippen LogP contribution in [0.15, 0.2) is 42.5 Å². The van der Waals surface area contributed by atoms with Crippen molar-refractivity contribution >= 4 is 0 Å². The molecule has 3 nitrogen and oxygen atoms in total. The first kappa shape index (κ1) is 14.7. The van der Waals surface area contributed by atoms with Crippen molar-refractivity contribution in [2.45, 2.75) is 6.36 Å². The van der Waals surface area contributed by atoms with E-state index in [0.717, 1.165) is 6.07 Å². The number of halogens is 3. The second-order valence-corrected chi connectivity index (χ2v) is 4.07. The molecule has 0 fully saturated rings. The maximum atomic E-state index is 12.5. The standard InChI is InChI=1S/C15H10F3NO2/c1-20-13-5-3-2-4-11(13)12-7-6-10(9-19)8-14(12)21-15(16,17)18/h2-8H,1H3. The van der Waals surface area contributed by atoms with Crippen molar-refractivity contribution in [3.63, 3.8) is 0 Å². The molecule has 0 unspecified atom stereocenters. The monoisotopic (exact) mass is 293 g/mol. The van der Waals surface area contributed by atoms with E-state index in [1.54, 1.807) is 30.3 Å². The van der Waals surface area contributed by atoms with Crippen LogP contribution in [0.5, 0.6) is 11.5 Å². The van der Waals surface area contributed by atoms with Gasteiger partial charge in [0.05, 0.1) is 18.7 Å². The minimum Gasteiger partial charge on any atom is -0.496 e. The van der Waals surface area contributed by atoms with E-state index in [4.69, 9.17) is 10.00 Å². The average molecular weight is 293 g/mol. The van der Waals surface area contributed by atoms with Crippen molar-refractivity contribution in [3.8, 4) is 28.7 Å². The highest BCUT2D eigenvalue weighted by molar-refractivity contribution is 5.76. The van der Waals surface area contributed by atoms with Gasteiger partial charge in [0, 0.05) is 11.1 Å². The summed E-state index contributed by atoms with van der Waals surface area (Å²) in [6, 6.07) is 12.3. The Hall–Kier alpha value is -2.68. The predicted octanol–water partition coefficient (Wildman–Crippen LogP) is 4.13. The third-order valence-electron chi connectivity index (χ3n) is 2.73. The van der Waals surface area contributed by atoms with Gasteiger partial charge in [-0.25, -0.2) is 0 Å². The number of para-hydroxylation sites is 1. The maximum Gasteiger partial charge on any atom is 0.573 e. The van der Waals surface area contributed by atoms with Crippen LogP contribution in [0.1, 0.15) is 5.56 Å². The molecule has 0 bridgehead atoms. The molecule has 6 heteroatoms. The number of nitriles is 1. The number of rotatable bonds is 3. The van der Waals surface area contributed by atoms with Crippen molar-refractivity contribution in [2.24, 2.45) is 0 Å². The molecule has 0 heterocycles. The van der Waals surface area contributed by atoms with Crippen LogP contribution < -0.4 is 9.47 Å². The van der Waals surface area contributed by atoms with E-state index in [1.807, 2.05) is 0 Å². The van der Waals surface area contributed by atoms with Gasteiger partial charge in [-0.1, -0.05) is 18.2 Å². The van der Waals surface area contributed by atoms with E-state index in [-0.39, 0.29) is 11.1 Å². The van der Waals surface area contributed by atoms with Gasteiger partial charge in [-0.2, -0.15) is 5.26 Å². The molecule has 21 heavy (non-hydrogen) atoms. The summed E-state index contributed by atoms with van der Waals surface area (Å²) in [6.45, 7) is 0. The number of hydrogen-bond donors (Lipinski definition) is 0. The highest BCUT2D eigenvalue weighted by atomic mass is 19.4. The van der Waals surface area contributed by atoms with Crippen molar-refractivity contribution < 1.29 is 22.6 Å². The van der Waals surface area contributed by atoms with E-state index in [0.29, 0.717) is 11.3 Å². The van der Waals surface area contributed by atoms with Gasteiger partial charge >= 0.3 is 6.36 Å². The van der Waals surface area contributed by atoms with Crippen LogP contribution in [0, 0.1) is 11.3 Å². The number of ether oxygens (including phenoxy) is 2. The molecule has 0 amide bonds. The first-order chi connectivity index (χ1) is 9.94. The fraction of sp³-hybridized carbons (Fsp3) is 0.133. The lowest BCUT2D eigenvalue weighted by atomic mass is 10.0. The summed E-state index contributed by atoms with van der Waals surface area (Å²) in [7, 11) is 1.42. The molecule has 0 aliphatic heterocycles. The molecule has 108 valence electrons. The number of methoxy groups -OCH3 is 1. The molecule has 0 atom stereocenters. The van der Waals surface area contributed by atoms with Crippen molar-refractivity contribution in [3.05, 3.63) is 48.0 Å². The van der Waals surface area contributed by atoms with Crippen LogP contribution in [0.4, 0.5) is 13.2 Å². The zero-order chi connectivity index (χ0) is 15.5. The second kappa shape index (κ2) is 5.75. The maximum absolute atomic E-state index is 12.5. The Kier molecular flexibility index (Phi) is 4.03. The van der Waals surface area contributed by atoms with Gasteiger partial charge in [-0.3, -0.25) is 0 Å². The molecule has 0 spiro atoms. The topological polar surface area (TPSA) is 42.2 Å². The van der Waals surface area contributed by atoms with E-state index in [1.165, 1.54) is 19.2 Å². The quantitative estimate of drug-likeness (QED) is 0.854. The minimum absolute atomic E-state index is 0.0768. The fourth-order valence-corrected chi connectivity index (χ4v) is 1.89. The van der Waals surface area contributed by atoms with Crippen molar-refractivity contribution in [1.29, 1.82) is 5.26 Å². The Balaban J connectivity index is 2.60. The largest absolute Gasteiger partial charge is 0.573 e. The summed E-state index contributed by atoms with van der Waals surface area (Å²) in [4.78, 5) is 0. The summed E-state index contributed by atoms with van der Waals surface area (Å²) in [6.07, 6.45) is -4.84. The molecule has 0 aliphatic rings. The number of nitrogens with zero attached hydrogens (tertiary/aromatic N) is 1. The first-order valence-corrected chi connectivity index (χ1v) is 5.88. The zero-order valence-corrected chi connectivity index (χ0v) is 10.9. The molecule has 2 aromatic rings. The van der Waals surface area contributed by atoms with E-state index >= 15 is 0 Å². The molecule has 0 N–H and O–H groups in total. The summed E-state index contributed by atoms with van der Waals surface area (Å²) < 4.78 is 46.7. The van der Waals surface area contributed by atoms with Crippen molar-refractivity contribution in [1.82, 2.24) is 0 Å². The Morgan fingerprint density at radius 1 is 1.00 bits per heavy atom. The van der Waals surface area contributed by atoms with Gasteiger partial charge in [0.15, 0.2) is 0 Å². The normalized spacial score (nSPS) is 10.8. The van der Waals surface area contributed by atoms with Gasteiger partial charge in [0.2, 0.25) is 0 Å². The molecular weight excluding hydrogens is 283 g/mol. The Labute approximate surface area is 119 Å². The van der Waals surface area contributed by atoms with E-state index in [9.17, 15) is 13.2 Å². The van der Waals surface area contributed by atoms with Gasteiger partial charge in [0.1, 0.15) is 11.5 Å². The van der Waals surface area contributed by atoms with Gasteiger partial charge in [-0.15, -0.1) is 13.2 Å². The summed E-state index contributed by atoms with van der Waals surface area (Å²) in [5.41, 5.74) is 0.723. The molecule has 2 aromatic carbocycles. The van der Waals surface area contributed by atoms with Crippen LogP contribution in [-0.4, -0.2) is 13.5 Å². The zero-order valence-electron chi connectivity index (χ0n) is 10.9. The first-order valence-electron chi connectivity index (χ1n) is 5.88. The molecule has 0 radical (unpaired) electrons.